The minimum Gasteiger partial charge on any atom is -0.494 e. The lowest BCUT2D eigenvalue weighted by Gasteiger charge is -2.16. The van der Waals surface area contributed by atoms with E-state index in [2.05, 4.69) is 5.32 Å². The predicted molar refractivity (Wildman–Crippen MR) is 73.5 cm³/mol. The van der Waals surface area contributed by atoms with Crippen LogP contribution in [0.25, 0.3) is 0 Å². The van der Waals surface area contributed by atoms with Crippen LogP contribution in [0.3, 0.4) is 0 Å². The van der Waals surface area contributed by atoms with Crippen molar-refractivity contribution in [1.29, 1.82) is 0 Å². The largest absolute Gasteiger partial charge is 0.494 e. The van der Waals surface area contributed by atoms with Crippen LogP contribution in [0.15, 0.2) is 24.3 Å². The summed E-state index contributed by atoms with van der Waals surface area (Å²) < 4.78 is 5.40. The van der Waals surface area contributed by atoms with E-state index >= 15 is 0 Å². The van der Waals surface area contributed by atoms with Crippen LogP contribution >= 0.6 is 0 Å². The van der Waals surface area contributed by atoms with Crippen LogP contribution in [0, 0.1) is 0 Å². The number of ether oxygens (including phenoxy) is 1. The van der Waals surface area contributed by atoms with E-state index in [4.69, 9.17) is 9.84 Å². The standard InChI is InChI=1S/C15H21NO3/c1-2-19-14-7-3-11(4-8-14)9-13(10-15(17)18)16-12-5-6-12/h3-4,7-8,12-13,16H,2,5-6,9-10H2,1H3,(H,17,18). The highest BCUT2D eigenvalue weighted by molar-refractivity contribution is 5.67. The van der Waals surface area contributed by atoms with Crippen molar-refractivity contribution in [2.75, 3.05) is 6.61 Å². The highest BCUT2D eigenvalue weighted by Crippen LogP contribution is 2.21. The van der Waals surface area contributed by atoms with Crippen molar-refractivity contribution in [1.82, 2.24) is 5.32 Å². The first kappa shape index (κ1) is 13.9. The van der Waals surface area contributed by atoms with Crippen molar-refractivity contribution in [3.63, 3.8) is 0 Å². The maximum atomic E-state index is 10.9. The lowest BCUT2D eigenvalue weighted by Crippen LogP contribution is -2.34. The number of hydrogen-bond donors (Lipinski definition) is 2. The smallest absolute Gasteiger partial charge is 0.304 e. The molecule has 104 valence electrons. The van der Waals surface area contributed by atoms with Crippen molar-refractivity contribution in [3.8, 4) is 5.75 Å². The lowest BCUT2D eigenvalue weighted by atomic mass is 10.0. The third-order valence-electron chi connectivity index (χ3n) is 3.19. The van der Waals surface area contributed by atoms with Crippen molar-refractivity contribution in [2.24, 2.45) is 0 Å². The molecule has 0 radical (unpaired) electrons. The van der Waals surface area contributed by atoms with Crippen molar-refractivity contribution in [3.05, 3.63) is 29.8 Å². The second-order valence-electron chi connectivity index (χ2n) is 5.02. The molecule has 1 aliphatic carbocycles. The fourth-order valence-corrected chi connectivity index (χ4v) is 2.16. The Morgan fingerprint density at radius 3 is 2.63 bits per heavy atom. The normalized spacial score (nSPS) is 16.1. The Balaban J connectivity index is 1.92. The fraction of sp³-hybridized carbons (Fsp3) is 0.533. The van der Waals surface area contributed by atoms with Gasteiger partial charge in [-0.1, -0.05) is 12.1 Å². The van der Waals surface area contributed by atoms with Gasteiger partial charge in [0.25, 0.3) is 0 Å². The summed E-state index contributed by atoms with van der Waals surface area (Å²) in [6.45, 7) is 2.61. The summed E-state index contributed by atoms with van der Waals surface area (Å²) in [4.78, 5) is 10.9. The first-order chi connectivity index (χ1) is 9.17. The Morgan fingerprint density at radius 1 is 1.42 bits per heavy atom. The molecule has 19 heavy (non-hydrogen) atoms. The third-order valence-corrected chi connectivity index (χ3v) is 3.19. The van der Waals surface area contributed by atoms with E-state index < -0.39 is 5.97 Å². The summed E-state index contributed by atoms with van der Waals surface area (Å²) >= 11 is 0. The maximum Gasteiger partial charge on any atom is 0.304 e. The summed E-state index contributed by atoms with van der Waals surface area (Å²) in [5.41, 5.74) is 1.14. The third kappa shape index (κ3) is 4.91. The quantitative estimate of drug-likeness (QED) is 0.755. The van der Waals surface area contributed by atoms with Crippen molar-refractivity contribution < 1.29 is 14.6 Å². The van der Waals surface area contributed by atoms with Gasteiger partial charge in [0.05, 0.1) is 13.0 Å². The van der Waals surface area contributed by atoms with E-state index in [9.17, 15) is 4.79 Å². The van der Waals surface area contributed by atoms with Crippen LogP contribution in [0.2, 0.25) is 0 Å². The van der Waals surface area contributed by atoms with Gasteiger partial charge in [-0.3, -0.25) is 4.79 Å². The maximum absolute atomic E-state index is 10.9. The molecule has 1 saturated carbocycles. The van der Waals surface area contributed by atoms with Gasteiger partial charge in [0.2, 0.25) is 0 Å². The van der Waals surface area contributed by atoms with Gasteiger partial charge in [-0.15, -0.1) is 0 Å². The fourth-order valence-electron chi connectivity index (χ4n) is 2.16. The summed E-state index contributed by atoms with van der Waals surface area (Å²) in [7, 11) is 0. The lowest BCUT2D eigenvalue weighted by molar-refractivity contribution is -0.137. The van der Waals surface area contributed by atoms with Gasteiger partial charge in [0.1, 0.15) is 5.75 Å². The second-order valence-corrected chi connectivity index (χ2v) is 5.02. The predicted octanol–water partition coefficient (Wildman–Crippen LogP) is 2.22. The Bertz CT molecular complexity index is 412. The van der Waals surface area contributed by atoms with Crippen LogP contribution in [0.5, 0.6) is 5.75 Å². The SMILES string of the molecule is CCOc1ccc(CC(CC(=O)O)NC2CC2)cc1. The number of benzene rings is 1. The average Bonchev–Trinajstić information content (AvgIpc) is 3.15. The topological polar surface area (TPSA) is 58.6 Å². The summed E-state index contributed by atoms with van der Waals surface area (Å²) in [6, 6.07) is 8.43. The molecular weight excluding hydrogens is 242 g/mol. The minimum atomic E-state index is -0.746. The molecule has 1 unspecified atom stereocenters. The zero-order valence-corrected chi connectivity index (χ0v) is 11.3. The molecule has 1 aliphatic rings. The molecule has 0 spiro atoms. The molecule has 0 aromatic heterocycles. The van der Waals surface area contributed by atoms with E-state index in [1.165, 1.54) is 12.8 Å². The molecule has 1 atom stereocenters. The van der Waals surface area contributed by atoms with Crippen LogP contribution in [0.1, 0.15) is 31.7 Å². The summed E-state index contributed by atoms with van der Waals surface area (Å²) in [6.07, 6.45) is 3.25. The van der Waals surface area contributed by atoms with E-state index in [0.29, 0.717) is 12.6 Å². The van der Waals surface area contributed by atoms with Crippen LogP contribution in [0.4, 0.5) is 0 Å². The summed E-state index contributed by atoms with van der Waals surface area (Å²) in [5.74, 6) is 0.111. The molecule has 1 aromatic rings. The highest BCUT2D eigenvalue weighted by Gasteiger charge is 2.25. The first-order valence-electron chi connectivity index (χ1n) is 6.87. The van der Waals surface area contributed by atoms with Crippen LogP contribution in [-0.4, -0.2) is 29.8 Å². The molecule has 2 N–H and O–H groups in total. The molecule has 0 heterocycles. The molecule has 2 rings (SSSR count). The van der Waals surface area contributed by atoms with Gasteiger partial charge in [-0.2, -0.15) is 0 Å². The number of aliphatic carboxylic acids is 1. The molecule has 4 nitrogen and oxygen atoms in total. The molecular formula is C15H21NO3. The van der Waals surface area contributed by atoms with E-state index in [1.807, 2.05) is 31.2 Å². The molecule has 1 fully saturated rings. The van der Waals surface area contributed by atoms with Gasteiger partial charge in [-0.05, 0) is 43.9 Å². The number of nitrogens with one attached hydrogen (secondary N) is 1. The van der Waals surface area contributed by atoms with E-state index in [-0.39, 0.29) is 12.5 Å². The Hall–Kier alpha value is -1.55. The number of carbonyl (C=O) groups is 1. The molecule has 0 bridgehead atoms. The molecule has 0 amide bonds. The Morgan fingerprint density at radius 2 is 2.11 bits per heavy atom. The monoisotopic (exact) mass is 263 g/mol. The zero-order valence-electron chi connectivity index (χ0n) is 11.3. The van der Waals surface area contributed by atoms with Gasteiger partial charge >= 0.3 is 5.97 Å². The summed E-state index contributed by atoms with van der Waals surface area (Å²) in [5, 5.41) is 12.3. The van der Waals surface area contributed by atoms with E-state index in [1.54, 1.807) is 0 Å². The first-order valence-corrected chi connectivity index (χ1v) is 6.87. The molecule has 1 aromatic carbocycles. The highest BCUT2D eigenvalue weighted by atomic mass is 16.5. The minimum absolute atomic E-state index is 0.0166. The molecule has 4 heteroatoms. The Labute approximate surface area is 113 Å². The van der Waals surface area contributed by atoms with Gasteiger partial charge in [0, 0.05) is 12.1 Å². The number of rotatable bonds is 8. The molecule has 0 aliphatic heterocycles. The van der Waals surface area contributed by atoms with Gasteiger partial charge < -0.3 is 15.2 Å². The molecule has 0 saturated heterocycles. The Kier molecular flexibility index (Phi) is 4.80. The number of carboxylic acid groups (broad SMARTS) is 1. The van der Waals surface area contributed by atoms with Crippen LogP contribution < -0.4 is 10.1 Å². The second kappa shape index (κ2) is 6.57. The van der Waals surface area contributed by atoms with Crippen molar-refractivity contribution >= 4 is 5.97 Å². The van der Waals surface area contributed by atoms with E-state index in [0.717, 1.165) is 17.7 Å². The van der Waals surface area contributed by atoms with Gasteiger partial charge in [-0.25, -0.2) is 0 Å². The number of hydrogen-bond acceptors (Lipinski definition) is 3. The van der Waals surface area contributed by atoms with Crippen molar-refractivity contribution in [2.45, 2.75) is 44.7 Å². The van der Waals surface area contributed by atoms with Gasteiger partial charge in [0.15, 0.2) is 0 Å². The zero-order chi connectivity index (χ0) is 13.7. The average molecular weight is 263 g/mol. The number of carboxylic acids is 1. The van der Waals surface area contributed by atoms with Crippen LogP contribution in [-0.2, 0) is 11.2 Å².